The molecule has 0 aromatic heterocycles. The summed E-state index contributed by atoms with van der Waals surface area (Å²) in [5.74, 6) is 0.543. The molecular weight excluding hydrogens is 214 g/mol. The van der Waals surface area contributed by atoms with Crippen LogP contribution >= 0.6 is 0 Å². The number of ether oxygens (including phenoxy) is 1. The van der Waals surface area contributed by atoms with E-state index in [9.17, 15) is 5.26 Å². The maximum absolute atomic E-state index is 9.49. The minimum atomic E-state index is -0.337. The molecule has 4 nitrogen and oxygen atoms in total. The second-order valence-corrected chi connectivity index (χ2v) is 5.30. The van der Waals surface area contributed by atoms with Gasteiger partial charge in [0.1, 0.15) is 5.54 Å². The lowest BCUT2D eigenvalue weighted by molar-refractivity contribution is 0.124. The lowest BCUT2D eigenvalue weighted by atomic mass is 9.94. The fourth-order valence-electron chi connectivity index (χ4n) is 2.53. The van der Waals surface area contributed by atoms with E-state index in [1.54, 1.807) is 7.11 Å². The predicted octanol–water partition coefficient (Wildman–Crippen LogP) is 0.989. The van der Waals surface area contributed by atoms with E-state index in [4.69, 9.17) is 4.74 Å². The standard InChI is InChI=1S/C13H23N3O/c1-15-13(9-14,11-3-4-11)10-16(7-8-17-2)12-5-6-12/h11-12,15H,3-8,10H2,1-2H3. The molecule has 4 heteroatoms. The molecule has 0 amide bonds. The van der Waals surface area contributed by atoms with Crippen LogP contribution in [0, 0.1) is 17.2 Å². The van der Waals surface area contributed by atoms with Gasteiger partial charge in [0.2, 0.25) is 0 Å². The van der Waals surface area contributed by atoms with Crippen molar-refractivity contribution >= 4 is 0 Å². The van der Waals surface area contributed by atoms with Crippen molar-refractivity contribution in [2.45, 2.75) is 37.3 Å². The van der Waals surface area contributed by atoms with Crippen LogP contribution in [-0.4, -0.2) is 50.3 Å². The van der Waals surface area contributed by atoms with E-state index in [0.717, 1.165) is 19.7 Å². The number of nitrogens with one attached hydrogen (secondary N) is 1. The van der Waals surface area contributed by atoms with Gasteiger partial charge in [-0.25, -0.2) is 0 Å². The summed E-state index contributed by atoms with van der Waals surface area (Å²) in [5.41, 5.74) is -0.337. The highest BCUT2D eigenvalue weighted by molar-refractivity contribution is 5.16. The molecule has 2 fully saturated rings. The first-order valence-corrected chi connectivity index (χ1v) is 6.59. The van der Waals surface area contributed by atoms with Gasteiger partial charge in [-0.3, -0.25) is 4.90 Å². The second-order valence-electron chi connectivity index (χ2n) is 5.30. The van der Waals surface area contributed by atoms with E-state index in [0.29, 0.717) is 12.0 Å². The van der Waals surface area contributed by atoms with Gasteiger partial charge in [-0.15, -0.1) is 0 Å². The van der Waals surface area contributed by atoms with Gasteiger partial charge in [0.15, 0.2) is 0 Å². The van der Waals surface area contributed by atoms with Crippen LogP contribution in [-0.2, 0) is 4.74 Å². The quantitative estimate of drug-likeness (QED) is 0.684. The van der Waals surface area contributed by atoms with Crippen LogP contribution in [0.15, 0.2) is 0 Å². The number of methoxy groups -OCH3 is 1. The summed E-state index contributed by atoms with van der Waals surface area (Å²) in [4.78, 5) is 2.43. The van der Waals surface area contributed by atoms with Crippen LogP contribution in [0.2, 0.25) is 0 Å². The summed E-state index contributed by atoms with van der Waals surface area (Å²) < 4.78 is 5.16. The first-order valence-electron chi connectivity index (χ1n) is 6.59. The second kappa shape index (κ2) is 5.34. The highest BCUT2D eigenvalue weighted by Crippen LogP contribution is 2.41. The van der Waals surface area contributed by atoms with Gasteiger partial charge in [-0.05, 0) is 38.6 Å². The smallest absolute Gasteiger partial charge is 0.122 e. The summed E-state index contributed by atoms with van der Waals surface area (Å²) in [5, 5.41) is 12.8. The number of nitrogens with zero attached hydrogens (tertiary/aromatic N) is 2. The van der Waals surface area contributed by atoms with Gasteiger partial charge in [-0.2, -0.15) is 5.26 Å². The predicted molar refractivity (Wildman–Crippen MR) is 66.6 cm³/mol. The third-order valence-corrected chi connectivity index (χ3v) is 4.02. The van der Waals surface area contributed by atoms with E-state index >= 15 is 0 Å². The summed E-state index contributed by atoms with van der Waals surface area (Å²) in [6.45, 7) is 2.55. The van der Waals surface area contributed by atoms with Gasteiger partial charge >= 0.3 is 0 Å². The monoisotopic (exact) mass is 237 g/mol. The molecule has 0 radical (unpaired) electrons. The van der Waals surface area contributed by atoms with Crippen LogP contribution in [0.5, 0.6) is 0 Å². The summed E-state index contributed by atoms with van der Waals surface area (Å²) in [7, 11) is 3.66. The Bertz CT molecular complexity index is 294. The Balaban J connectivity index is 1.96. The zero-order valence-corrected chi connectivity index (χ0v) is 10.9. The van der Waals surface area contributed by atoms with Crippen LogP contribution in [0.1, 0.15) is 25.7 Å². The summed E-state index contributed by atoms with van der Waals surface area (Å²) >= 11 is 0. The Morgan fingerprint density at radius 3 is 2.53 bits per heavy atom. The number of likely N-dealkylation sites (N-methyl/N-ethyl adjacent to an activating group) is 1. The zero-order valence-electron chi connectivity index (χ0n) is 10.9. The molecule has 2 saturated carbocycles. The van der Waals surface area contributed by atoms with E-state index in [1.807, 2.05) is 7.05 Å². The first kappa shape index (κ1) is 12.8. The van der Waals surface area contributed by atoms with Crippen molar-refractivity contribution in [2.24, 2.45) is 5.92 Å². The van der Waals surface area contributed by atoms with Crippen molar-refractivity contribution in [2.75, 3.05) is 33.9 Å². The number of rotatable bonds is 8. The number of nitriles is 1. The van der Waals surface area contributed by atoms with Gasteiger partial charge in [0, 0.05) is 26.2 Å². The lowest BCUT2D eigenvalue weighted by Crippen LogP contribution is -2.54. The molecule has 1 unspecified atom stereocenters. The Morgan fingerprint density at radius 2 is 2.12 bits per heavy atom. The van der Waals surface area contributed by atoms with Gasteiger partial charge in [0.25, 0.3) is 0 Å². The average molecular weight is 237 g/mol. The highest BCUT2D eigenvalue weighted by Gasteiger charge is 2.47. The van der Waals surface area contributed by atoms with E-state index < -0.39 is 0 Å². The van der Waals surface area contributed by atoms with Crippen molar-refractivity contribution in [3.63, 3.8) is 0 Å². The molecule has 2 aliphatic carbocycles. The zero-order chi connectivity index (χ0) is 12.3. The van der Waals surface area contributed by atoms with Crippen molar-refractivity contribution in [3.05, 3.63) is 0 Å². The number of hydrogen-bond donors (Lipinski definition) is 1. The van der Waals surface area contributed by atoms with Crippen molar-refractivity contribution in [1.82, 2.24) is 10.2 Å². The molecule has 17 heavy (non-hydrogen) atoms. The molecule has 2 aliphatic rings. The van der Waals surface area contributed by atoms with Crippen LogP contribution < -0.4 is 5.32 Å². The highest BCUT2D eigenvalue weighted by atomic mass is 16.5. The van der Waals surface area contributed by atoms with E-state index in [2.05, 4.69) is 16.3 Å². The molecule has 96 valence electrons. The fourth-order valence-corrected chi connectivity index (χ4v) is 2.53. The lowest BCUT2D eigenvalue weighted by Gasteiger charge is -2.33. The van der Waals surface area contributed by atoms with Crippen molar-refractivity contribution in [1.29, 1.82) is 5.26 Å². The fraction of sp³-hybridized carbons (Fsp3) is 0.923. The topological polar surface area (TPSA) is 48.3 Å². The molecule has 2 rings (SSSR count). The first-order chi connectivity index (χ1) is 8.25. The Morgan fingerprint density at radius 1 is 1.41 bits per heavy atom. The molecule has 0 aromatic carbocycles. The van der Waals surface area contributed by atoms with E-state index in [1.165, 1.54) is 25.7 Å². The average Bonchev–Trinajstić information content (AvgIpc) is 3.20. The molecule has 0 saturated heterocycles. The molecule has 1 N–H and O–H groups in total. The minimum absolute atomic E-state index is 0.337. The van der Waals surface area contributed by atoms with Gasteiger partial charge < -0.3 is 10.1 Å². The molecule has 0 aliphatic heterocycles. The third-order valence-electron chi connectivity index (χ3n) is 4.02. The third kappa shape index (κ3) is 2.98. The molecular formula is C13H23N3O. The van der Waals surface area contributed by atoms with Crippen LogP contribution in [0.25, 0.3) is 0 Å². The number of hydrogen-bond acceptors (Lipinski definition) is 4. The van der Waals surface area contributed by atoms with Crippen molar-refractivity contribution in [3.8, 4) is 6.07 Å². The summed E-state index contributed by atoms with van der Waals surface area (Å²) in [6, 6.07) is 3.21. The molecule has 0 aromatic rings. The normalized spacial score (nSPS) is 23.4. The molecule has 1 atom stereocenters. The summed E-state index contributed by atoms with van der Waals surface area (Å²) in [6.07, 6.45) is 4.94. The van der Waals surface area contributed by atoms with Gasteiger partial charge in [-0.1, -0.05) is 0 Å². The molecule has 0 heterocycles. The maximum Gasteiger partial charge on any atom is 0.122 e. The molecule has 0 spiro atoms. The van der Waals surface area contributed by atoms with Crippen LogP contribution in [0.3, 0.4) is 0 Å². The Kier molecular flexibility index (Phi) is 4.03. The Hall–Kier alpha value is -0.630. The minimum Gasteiger partial charge on any atom is -0.383 e. The molecule has 0 bridgehead atoms. The maximum atomic E-state index is 9.49. The Labute approximate surface area is 104 Å². The van der Waals surface area contributed by atoms with Crippen LogP contribution in [0.4, 0.5) is 0 Å². The van der Waals surface area contributed by atoms with E-state index in [-0.39, 0.29) is 5.54 Å². The van der Waals surface area contributed by atoms with Crippen molar-refractivity contribution < 1.29 is 4.74 Å². The van der Waals surface area contributed by atoms with Gasteiger partial charge in [0.05, 0.1) is 12.7 Å². The largest absolute Gasteiger partial charge is 0.383 e. The SMILES string of the molecule is CNC(C#N)(CN(CCOC)C1CC1)C1CC1.